The molecule has 420 valence electrons. The van der Waals surface area contributed by atoms with Crippen molar-refractivity contribution >= 4 is 35.2 Å². The summed E-state index contributed by atoms with van der Waals surface area (Å²) in [4.78, 5) is 85.5. The van der Waals surface area contributed by atoms with Gasteiger partial charge in [0.15, 0.2) is 5.78 Å². The van der Waals surface area contributed by atoms with Crippen LogP contribution >= 0.6 is 0 Å². The molecule has 0 radical (unpaired) electrons. The van der Waals surface area contributed by atoms with Gasteiger partial charge in [-0.3, -0.25) is 24.0 Å². The molecule has 16 nitrogen and oxygen atoms in total. The Morgan fingerprint density at radius 3 is 2.23 bits per heavy atom. The third kappa shape index (κ3) is 16.6. The van der Waals surface area contributed by atoms with Gasteiger partial charge in [0.2, 0.25) is 5.79 Å². The van der Waals surface area contributed by atoms with E-state index in [4.69, 9.17) is 23.7 Å². The smallest absolute Gasteiger partial charge is 0.329 e. The molecule has 16 heteroatoms. The third-order valence-electron chi connectivity index (χ3n) is 16.3. The number of allylic oxidation sites excluding steroid dienone is 6. The van der Waals surface area contributed by atoms with Crippen LogP contribution in [-0.4, -0.2) is 143 Å². The number of methoxy groups -OCH3 is 2. The van der Waals surface area contributed by atoms with Crippen LogP contribution in [0.3, 0.4) is 0 Å². The molecular formula is C58H93NO15. The highest BCUT2D eigenvalue weighted by Crippen LogP contribution is 2.40. The number of ether oxygens (including phenoxy) is 5. The van der Waals surface area contributed by atoms with E-state index < -0.39 is 114 Å². The summed E-state index contributed by atoms with van der Waals surface area (Å²) >= 11 is 0. The SMILES string of the molecule is C.CCC1CC(CC(C)C2CC(=O)C(C)/C=C(\C)C(O)C(OC)C(=O)C(C)CC(C)/C=C/C=C/C=C(\C)C(OC)CC3CCC(C)C(O)(O3)C(=O)C(=O)N3CCCCC3C(=O)O2)CCC1OC(=O)C(C)(CO)CO. The Labute approximate surface area is 441 Å². The number of esters is 2. The van der Waals surface area contributed by atoms with Gasteiger partial charge in [0.05, 0.1) is 25.4 Å². The number of carbonyl (C=O) groups excluding carboxylic acids is 6. The topological polar surface area (TPSA) is 233 Å². The lowest BCUT2D eigenvalue weighted by Crippen LogP contribution is -2.61. The zero-order valence-electron chi connectivity index (χ0n) is 45.6. The highest BCUT2D eigenvalue weighted by atomic mass is 16.6. The van der Waals surface area contributed by atoms with E-state index in [9.17, 15) is 49.2 Å². The minimum Gasteiger partial charge on any atom is -0.462 e. The summed E-state index contributed by atoms with van der Waals surface area (Å²) in [6, 6.07) is -1.18. The van der Waals surface area contributed by atoms with E-state index in [-0.39, 0.29) is 56.1 Å². The second kappa shape index (κ2) is 29.6. The summed E-state index contributed by atoms with van der Waals surface area (Å²) in [5.74, 6) is -8.99. The third-order valence-corrected chi connectivity index (χ3v) is 16.3. The van der Waals surface area contributed by atoms with Gasteiger partial charge in [-0.1, -0.05) is 85.4 Å². The van der Waals surface area contributed by atoms with E-state index in [2.05, 4.69) is 0 Å². The zero-order chi connectivity index (χ0) is 54.4. The maximum atomic E-state index is 14.6. The summed E-state index contributed by atoms with van der Waals surface area (Å²) in [5, 5.41) is 43.2. The number of aliphatic hydroxyl groups excluding tert-OH is 3. The minimum atomic E-state index is -2.46. The lowest BCUT2D eigenvalue weighted by atomic mass is 9.74. The summed E-state index contributed by atoms with van der Waals surface area (Å²) in [7, 11) is 2.94. The Kier molecular flexibility index (Phi) is 25.7. The highest BCUT2D eigenvalue weighted by molar-refractivity contribution is 6.39. The van der Waals surface area contributed by atoms with Gasteiger partial charge in [-0.25, -0.2) is 4.79 Å². The first-order valence-electron chi connectivity index (χ1n) is 26.9. The number of rotatable bonds is 10. The molecule has 0 aromatic rings. The lowest BCUT2D eigenvalue weighted by molar-refractivity contribution is -0.265. The Morgan fingerprint density at radius 2 is 1.59 bits per heavy atom. The van der Waals surface area contributed by atoms with Crippen molar-refractivity contribution in [3.63, 3.8) is 0 Å². The van der Waals surface area contributed by atoms with Gasteiger partial charge in [0, 0.05) is 51.4 Å². The number of fused-ring (bicyclic) bond motifs is 3. The number of ketones is 3. The Balaban J connectivity index is 0.0000144. The van der Waals surface area contributed by atoms with E-state index >= 15 is 0 Å². The number of cyclic esters (lactones) is 1. The quantitative estimate of drug-likeness (QED) is 0.0951. The first kappa shape index (κ1) is 64.4. The van der Waals surface area contributed by atoms with Crippen LogP contribution in [0.4, 0.5) is 0 Å². The second-order valence-corrected chi connectivity index (χ2v) is 22.2. The summed E-state index contributed by atoms with van der Waals surface area (Å²) in [6.07, 6.45) is 11.9. The zero-order valence-corrected chi connectivity index (χ0v) is 45.6. The molecule has 2 saturated heterocycles. The van der Waals surface area contributed by atoms with E-state index in [0.717, 1.165) is 5.57 Å². The molecule has 2 bridgehead atoms. The number of amides is 1. The number of hydrogen-bond acceptors (Lipinski definition) is 15. The number of aliphatic hydroxyl groups is 4. The average molecular weight is 1040 g/mol. The summed E-state index contributed by atoms with van der Waals surface area (Å²) < 4.78 is 29.8. The van der Waals surface area contributed by atoms with Gasteiger partial charge in [-0.15, -0.1) is 0 Å². The molecule has 0 spiro atoms. The number of piperidine rings is 1. The molecule has 3 fully saturated rings. The van der Waals surface area contributed by atoms with Crippen molar-refractivity contribution in [2.24, 2.45) is 46.8 Å². The van der Waals surface area contributed by atoms with Crippen LogP contribution < -0.4 is 0 Å². The van der Waals surface area contributed by atoms with Gasteiger partial charge >= 0.3 is 11.9 Å². The van der Waals surface area contributed by atoms with E-state index in [1.807, 2.05) is 58.1 Å². The van der Waals surface area contributed by atoms with Crippen molar-refractivity contribution in [3.8, 4) is 0 Å². The Hall–Kier alpha value is -3.90. The normalized spacial score (nSPS) is 36.9. The van der Waals surface area contributed by atoms with Crippen LogP contribution in [0, 0.1) is 46.8 Å². The molecule has 4 aliphatic rings. The van der Waals surface area contributed by atoms with Gasteiger partial charge in [-0.2, -0.15) is 0 Å². The largest absolute Gasteiger partial charge is 0.462 e. The van der Waals surface area contributed by atoms with Crippen LogP contribution in [0.25, 0.3) is 0 Å². The van der Waals surface area contributed by atoms with Crippen LogP contribution in [-0.2, 0) is 52.5 Å². The highest BCUT2D eigenvalue weighted by Gasteiger charge is 2.53. The molecule has 0 aromatic carbocycles. The van der Waals surface area contributed by atoms with Crippen LogP contribution in [0.5, 0.6) is 0 Å². The van der Waals surface area contributed by atoms with E-state index in [0.29, 0.717) is 76.2 Å². The van der Waals surface area contributed by atoms with Crippen molar-refractivity contribution in [2.75, 3.05) is 34.0 Å². The first-order valence-corrected chi connectivity index (χ1v) is 26.9. The molecule has 1 saturated carbocycles. The minimum absolute atomic E-state index is 0. The van der Waals surface area contributed by atoms with Gasteiger partial charge < -0.3 is 49.0 Å². The summed E-state index contributed by atoms with van der Waals surface area (Å²) in [6.45, 7) is 15.0. The number of hydrogen-bond donors (Lipinski definition) is 4. The fourth-order valence-electron chi connectivity index (χ4n) is 11.0. The molecule has 15 atom stereocenters. The van der Waals surface area contributed by atoms with Crippen molar-refractivity contribution < 1.29 is 72.9 Å². The molecule has 4 N–H and O–H groups in total. The van der Waals surface area contributed by atoms with Crippen molar-refractivity contribution in [3.05, 3.63) is 47.6 Å². The van der Waals surface area contributed by atoms with Crippen LogP contribution in [0.2, 0.25) is 0 Å². The molecule has 1 amide bonds. The maximum Gasteiger partial charge on any atom is 0.329 e. The molecule has 74 heavy (non-hydrogen) atoms. The first-order chi connectivity index (χ1) is 34.5. The lowest BCUT2D eigenvalue weighted by Gasteiger charge is -2.42. The Bertz CT molecular complexity index is 2010. The Morgan fingerprint density at radius 1 is 0.905 bits per heavy atom. The van der Waals surface area contributed by atoms with E-state index in [1.165, 1.54) is 18.9 Å². The summed E-state index contributed by atoms with van der Waals surface area (Å²) in [5.41, 5.74) is -0.202. The fraction of sp³-hybridized carbons (Fsp3) is 0.759. The fourth-order valence-corrected chi connectivity index (χ4v) is 11.0. The number of nitrogens with zero attached hydrogens (tertiary/aromatic N) is 1. The molecule has 3 heterocycles. The average Bonchev–Trinajstić information content (AvgIpc) is 3.37. The molecule has 0 aromatic heterocycles. The predicted molar refractivity (Wildman–Crippen MR) is 281 cm³/mol. The van der Waals surface area contributed by atoms with Crippen LogP contribution in [0.15, 0.2) is 47.6 Å². The second-order valence-electron chi connectivity index (χ2n) is 22.2. The van der Waals surface area contributed by atoms with Crippen molar-refractivity contribution in [1.82, 2.24) is 4.90 Å². The number of Topliss-reactive ketones (excluding diaryl/α,β-unsaturated/α-hetero) is 3. The van der Waals surface area contributed by atoms with Gasteiger partial charge in [0.25, 0.3) is 11.7 Å². The maximum absolute atomic E-state index is 14.6. The van der Waals surface area contributed by atoms with Crippen molar-refractivity contribution in [2.45, 2.75) is 202 Å². The standard InChI is InChI=1S/C57H89NO15.CH4/c1-12-42-29-41(22-24-46(42)72-55(67)56(9,32-59)33-60)28-37(5)48-31-45(61)36(4)27-39(7)50(63)51(70-11)49(62)38(6)26-34(2)18-14-13-15-19-35(3)47(69-10)30-43-23-21-40(8)57(68,73-43)52(64)53(65)58-25-17-16-20-44(58)54(66)71-48;/h13-15,18-19,27,34,36-38,40-44,46-48,50-51,59-60,63,68H,12,16-17,20-26,28-33H2,1-11H3;1H4/b15-13+,18-14+,35-19+,39-27+;. The predicted octanol–water partition coefficient (Wildman–Crippen LogP) is 7.37. The van der Waals surface area contributed by atoms with E-state index in [1.54, 1.807) is 40.9 Å². The number of carbonyl (C=O) groups is 6. The molecule has 3 aliphatic heterocycles. The molecule has 1 aliphatic carbocycles. The van der Waals surface area contributed by atoms with Gasteiger partial charge in [-0.05, 0) is 126 Å². The monoisotopic (exact) mass is 1040 g/mol. The molecule has 4 rings (SSSR count). The van der Waals surface area contributed by atoms with Crippen molar-refractivity contribution in [1.29, 1.82) is 0 Å². The van der Waals surface area contributed by atoms with Gasteiger partial charge in [0.1, 0.15) is 41.7 Å². The van der Waals surface area contributed by atoms with Crippen LogP contribution in [0.1, 0.15) is 153 Å². The molecular weight excluding hydrogens is 951 g/mol. The molecule has 15 unspecified atom stereocenters.